The number of benzene rings is 1. The predicted molar refractivity (Wildman–Crippen MR) is 62.8 cm³/mol. The van der Waals surface area contributed by atoms with E-state index in [0.717, 1.165) is 10.5 Å². The van der Waals surface area contributed by atoms with Crippen molar-refractivity contribution in [2.75, 3.05) is 18.6 Å². The first-order chi connectivity index (χ1) is 8.67. The van der Waals surface area contributed by atoms with Gasteiger partial charge in [-0.05, 0) is 24.7 Å². The number of nitriles is 1. The van der Waals surface area contributed by atoms with Crippen LogP contribution >= 0.6 is 0 Å². The van der Waals surface area contributed by atoms with Crippen LogP contribution in [0.2, 0.25) is 0 Å². The number of fused-ring (bicyclic) bond motifs is 1. The van der Waals surface area contributed by atoms with Crippen molar-refractivity contribution in [3.8, 4) is 11.8 Å². The van der Waals surface area contributed by atoms with Gasteiger partial charge >= 0.3 is 5.91 Å². The molecule has 0 saturated heterocycles. The van der Waals surface area contributed by atoms with E-state index in [0.29, 0.717) is 18.0 Å². The number of anilines is 1. The normalized spacial score (nSPS) is 13.6. The van der Waals surface area contributed by atoms with Gasteiger partial charge in [0.15, 0.2) is 12.7 Å². The number of nitrogens with one attached hydrogen (secondary N) is 1. The Hall–Kier alpha value is -2.39. The van der Waals surface area contributed by atoms with Crippen LogP contribution in [0.5, 0.6) is 5.75 Å². The van der Waals surface area contributed by atoms with Crippen molar-refractivity contribution in [1.29, 1.82) is 5.26 Å². The zero-order valence-corrected chi connectivity index (χ0v) is 9.77. The zero-order valence-electron chi connectivity index (χ0n) is 9.77. The molecule has 2 rings (SSSR count). The number of hydrogen-bond acceptors (Lipinski definition) is 5. The maximum atomic E-state index is 11.6. The van der Waals surface area contributed by atoms with Crippen LogP contribution in [0, 0.1) is 11.3 Å². The van der Waals surface area contributed by atoms with Crippen LogP contribution in [-0.2, 0) is 16.1 Å². The Labute approximate surface area is 104 Å². The molecule has 92 valence electrons. The summed E-state index contributed by atoms with van der Waals surface area (Å²) in [5.41, 5.74) is 1.22. The molecule has 6 nitrogen and oxygen atoms in total. The third-order valence-corrected chi connectivity index (χ3v) is 2.54. The monoisotopic (exact) mass is 245 g/mol. The van der Waals surface area contributed by atoms with E-state index in [1.54, 1.807) is 19.2 Å². The lowest BCUT2D eigenvalue weighted by Gasteiger charge is -2.26. The number of carbonyl (C=O) groups excluding carboxylic acids is 2. The summed E-state index contributed by atoms with van der Waals surface area (Å²) in [6, 6.07) is 6.64. The van der Waals surface area contributed by atoms with Crippen LogP contribution in [0.25, 0.3) is 0 Å². The summed E-state index contributed by atoms with van der Waals surface area (Å²) < 4.78 is 5.22. The van der Waals surface area contributed by atoms with Gasteiger partial charge in [-0.25, -0.2) is 4.90 Å². The minimum Gasteiger partial charge on any atom is -0.482 e. The molecule has 1 aromatic carbocycles. The highest BCUT2D eigenvalue weighted by Gasteiger charge is 2.30. The topological polar surface area (TPSA) is 82.4 Å². The summed E-state index contributed by atoms with van der Waals surface area (Å²) in [6.45, 7) is 0.363. The van der Waals surface area contributed by atoms with Gasteiger partial charge in [-0.3, -0.25) is 9.59 Å². The molecule has 0 atom stereocenters. The molecule has 1 aromatic rings. The Kier molecular flexibility index (Phi) is 3.26. The molecular formula is C12H11N3O3. The van der Waals surface area contributed by atoms with Crippen molar-refractivity contribution in [1.82, 2.24) is 5.32 Å². The summed E-state index contributed by atoms with van der Waals surface area (Å²) in [5.74, 6) is -1.00. The average molecular weight is 245 g/mol. The highest BCUT2D eigenvalue weighted by atomic mass is 16.5. The Morgan fingerprint density at radius 2 is 2.39 bits per heavy atom. The number of ether oxygens (including phenoxy) is 1. The number of amides is 2. The number of carbonyl (C=O) groups is 2. The lowest BCUT2D eigenvalue weighted by molar-refractivity contribution is -0.126. The fourth-order valence-corrected chi connectivity index (χ4v) is 1.78. The molecule has 0 bridgehead atoms. The minimum atomic E-state index is -0.897. The van der Waals surface area contributed by atoms with E-state index in [4.69, 9.17) is 10.00 Å². The lowest BCUT2D eigenvalue weighted by atomic mass is 10.1. The van der Waals surface area contributed by atoms with Gasteiger partial charge in [0.25, 0.3) is 5.91 Å². The fraction of sp³-hybridized carbons (Fsp3) is 0.250. The highest BCUT2D eigenvalue weighted by molar-refractivity contribution is 6.22. The van der Waals surface area contributed by atoms with Gasteiger partial charge < -0.3 is 10.1 Å². The Balaban J connectivity index is 2.47. The Bertz CT molecular complexity index is 548. The maximum absolute atomic E-state index is 11.6. The van der Waals surface area contributed by atoms with Crippen molar-refractivity contribution >= 4 is 17.5 Å². The zero-order chi connectivity index (χ0) is 13.1. The van der Waals surface area contributed by atoms with E-state index in [9.17, 15) is 9.59 Å². The van der Waals surface area contributed by atoms with Crippen molar-refractivity contribution in [2.45, 2.75) is 6.54 Å². The first kappa shape index (κ1) is 12.1. The quantitative estimate of drug-likeness (QED) is 0.752. The average Bonchev–Trinajstić information content (AvgIpc) is 2.38. The molecule has 0 spiro atoms. The van der Waals surface area contributed by atoms with Crippen LogP contribution in [-0.4, -0.2) is 25.5 Å². The molecule has 0 radical (unpaired) electrons. The number of nitrogens with zero attached hydrogens (tertiary/aromatic N) is 2. The number of imide groups is 1. The van der Waals surface area contributed by atoms with E-state index in [1.807, 2.05) is 6.07 Å². The van der Waals surface area contributed by atoms with E-state index in [-0.39, 0.29) is 6.61 Å². The van der Waals surface area contributed by atoms with Crippen LogP contribution in [0.15, 0.2) is 18.2 Å². The molecule has 0 aromatic heterocycles. The third-order valence-electron chi connectivity index (χ3n) is 2.54. The molecule has 1 heterocycles. The van der Waals surface area contributed by atoms with Gasteiger partial charge in [0.1, 0.15) is 5.75 Å². The standard InChI is InChI=1S/C12H11N3O3/c1-14-6-8-2-3-10-9(4-8)15(11(16)5-13)12(17)7-18-10/h2-4,14H,6-7H2,1H3. The van der Waals surface area contributed by atoms with Gasteiger partial charge in [0.05, 0.1) is 5.69 Å². The summed E-state index contributed by atoms with van der Waals surface area (Å²) in [6.07, 6.45) is 0. The summed E-state index contributed by atoms with van der Waals surface area (Å²) in [4.78, 5) is 24.0. The van der Waals surface area contributed by atoms with Crippen molar-refractivity contribution in [3.05, 3.63) is 23.8 Å². The van der Waals surface area contributed by atoms with E-state index >= 15 is 0 Å². The molecular weight excluding hydrogens is 234 g/mol. The Morgan fingerprint density at radius 1 is 1.61 bits per heavy atom. The molecule has 2 amide bonds. The molecule has 1 aliphatic heterocycles. The first-order valence-electron chi connectivity index (χ1n) is 5.34. The molecule has 0 aliphatic carbocycles. The van der Waals surface area contributed by atoms with Crippen LogP contribution in [0.4, 0.5) is 5.69 Å². The van der Waals surface area contributed by atoms with E-state index < -0.39 is 11.8 Å². The van der Waals surface area contributed by atoms with Crippen LogP contribution in [0.1, 0.15) is 5.56 Å². The summed E-state index contributed by atoms with van der Waals surface area (Å²) >= 11 is 0. The molecule has 0 unspecified atom stereocenters. The van der Waals surface area contributed by atoms with Crippen molar-refractivity contribution in [3.63, 3.8) is 0 Å². The lowest BCUT2D eigenvalue weighted by Crippen LogP contribution is -2.42. The molecule has 18 heavy (non-hydrogen) atoms. The second kappa shape index (κ2) is 4.85. The summed E-state index contributed by atoms with van der Waals surface area (Å²) in [7, 11) is 1.79. The van der Waals surface area contributed by atoms with Gasteiger partial charge in [-0.15, -0.1) is 0 Å². The number of hydrogen-bond donors (Lipinski definition) is 1. The largest absolute Gasteiger partial charge is 0.482 e. The molecule has 6 heteroatoms. The highest BCUT2D eigenvalue weighted by Crippen LogP contribution is 2.33. The minimum absolute atomic E-state index is 0.230. The second-order valence-electron chi connectivity index (χ2n) is 3.77. The van der Waals surface area contributed by atoms with Crippen molar-refractivity contribution < 1.29 is 14.3 Å². The molecule has 0 fully saturated rings. The molecule has 1 aliphatic rings. The van der Waals surface area contributed by atoms with Crippen LogP contribution in [0.3, 0.4) is 0 Å². The first-order valence-corrected chi connectivity index (χ1v) is 5.34. The van der Waals surface area contributed by atoms with E-state index in [2.05, 4.69) is 5.32 Å². The maximum Gasteiger partial charge on any atom is 0.336 e. The van der Waals surface area contributed by atoms with Crippen molar-refractivity contribution in [2.24, 2.45) is 0 Å². The molecule has 1 N–H and O–H groups in total. The van der Waals surface area contributed by atoms with Gasteiger partial charge in [0.2, 0.25) is 0 Å². The van der Waals surface area contributed by atoms with Gasteiger partial charge in [0, 0.05) is 6.54 Å². The van der Waals surface area contributed by atoms with Gasteiger partial charge in [-0.1, -0.05) is 6.07 Å². The third kappa shape index (κ3) is 2.04. The molecule has 0 saturated carbocycles. The van der Waals surface area contributed by atoms with E-state index in [1.165, 1.54) is 6.07 Å². The van der Waals surface area contributed by atoms with Crippen LogP contribution < -0.4 is 15.0 Å². The second-order valence-corrected chi connectivity index (χ2v) is 3.77. The smallest absolute Gasteiger partial charge is 0.336 e. The van der Waals surface area contributed by atoms with Gasteiger partial charge in [-0.2, -0.15) is 5.26 Å². The summed E-state index contributed by atoms with van der Waals surface area (Å²) in [5, 5.41) is 11.6. The number of rotatable bonds is 2. The Morgan fingerprint density at radius 3 is 3.06 bits per heavy atom. The predicted octanol–water partition coefficient (Wildman–Crippen LogP) is 0.182. The fourth-order valence-electron chi connectivity index (χ4n) is 1.78. The SMILES string of the molecule is CNCc1ccc2c(c1)N(C(=O)C#N)C(=O)CO2.